The molecule has 0 amide bonds. The number of aliphatic hydroxyl groups excluding tert-OH is 4. The first-order chi connectivity index (χ1) is 26.1. The van der Waals surface area contributed by atoms with Crippen LogP contribution in [0.5, 0.6) is 0 Å². The third-order valence-electron chi connectivity index (χ3n) is 13.4. The lowest BCUT2D eigenvalue weighted by molar-refractivity contribution is -0.371. The van der Waals surface area contributed by atoms with Crippen molar-refractivity contribution in [3.8, 4) is 0 Å². The van der Waals surface area contributed by atoms with Crippen LogP contribution in [0.3, 0.4) is 0 Å². The first-order valence-corrected chi connectivity index (χ1v) is 21.2. The molecule has 0 aromatic rings. The van der Waals surface area contributed by atoms with Gasteiger partial charge in [0.15, 0.2) is 11.6 Å². The van der Waals surface area contributed by atoms with Gasteiger partial charge in [-0.25, -0.2) is 4.79 Å². The van der Waals surface area contributed by atoms with Crippen molar-refractivity contribution in [1.82, 2.24) is 0 Å². The number of allylic oxidation sites excluding steroid dienone is 4. The van der Waals surface area contributed by atoms with E-state index >= 15 is 0 Å². The smallest absolute Gasteiger partial charge is 0.330 e. The third-order valence-corrected chi connectivity index (χ3v) is 13.4. The molecule has 5 N–H and O–H groups in total. The molecule has 11 heteroatoms. The van der Waals surface area contributed by atoms with Crippen molar-refractivity contribution in [2.24, 2.45) is 53.3 Å². The van der Waals surface area contributed by atoms with Crippen LogP contribution in [0.15, 0.2) is 36.5 Å². The van der Waals surface area contributed by atoms with Crippen LogP contribution in [-0.4, -0.2) is 97.2 Å². The second-order valence-electron chi connectivity index (χ2n) is 18.0. The van der Waals surface area contributed by atoms with Gasteiger partial charge >= 0.3 is 5.97 Å². The summed E-state index contributed by atoms with van der Waals surface area (Å²) in [6, 6.07) is 0. The Hall–Kier alpha value is -2.25. The molecule has 2 bridgehead atoms. The number of Topliss-reactive ketones (excluding diaryl/α,β-unsaturated/α-hetero) is 2. The summed E-state index contributed by atoms with van der Waals surface area (Å²) in [6.07, 6.45) is 9.62. The highest BCUT2D eigenvalue weighted by Crippen LogP contribution is 2.49. The molecule has 0 unspecified atom stereocenters. The number of fused-ring (bicyclic) bond motifs is 2. The normalized spacial score (nSPS) is 46.8. The Morgan fingerprint density at radius 3 is 2.11 bits per heavy atom. The lowest BCUT2D eigenvalue weighted by Gasteiger charge is -2.55. The van der Waals surface area contributed by atoms with E-state index in [4.69, 9.17) is 14.2 Å². The summed E-state index contributed by atoms with van der Waals surface area (Å²) in [5.41, 5.74) is -2.18. The van der Waals surface area contributed by atoms with E-state index in [9.17, 15) is 39.9 Å². The molecule has 3 aliphatic heterocycles. The summed E-state index contributed by atoms with van der Waals surface area (Å²) < 4.78 is 20.0. The Kier molecular flexibility index (Phi) is 17.7. The molecule has 3 rings (SSSR count). The predicted octanol–water partition coefficient (Wildman–Crippen LogP) is 5.88. The summed E-state index contributed by atoms with van der Waals surface area (Å²) >= 11 is 0. The quantitative estimate of drug-likeness (QED) is 0.216. The molecule has 0 radical (unpaired) electrons. The first kappa shape index (κ1) is 48.1. The maximum atomic E-state index is 13.5. The molecular formula is C45H74O11. The number of ketones is 2. The first-order valence-electron chi connectivity index (χ1n) is 21.2. The Morgan fingerprint density at radius 1 is 0.839 bits per heavy atom. The number of carbonyl (C=O) groups excluding carboxylic acids is 3. The van der Waals surface area contributed by atoms with Gasteiger partial charge in [-0.2, -0.15) is 0 Å². The van der Waals surface area contributed by atoms with Gasteiger partial charge in [0.2, 0.25) is 0 Å². The van der Waals surface area contributed by atoms with E-state index in [1.54, 1.807) is 20.8 Å². The summed E-state index contributed by atoms with van der Waals surface area (Å²) in [4.78, 5) is 40.5. The van der Waals surface area contributed by atoms with Crippen molar-refractivity contribution in [3.05, 3.63) is 36.5 Å². The summed E-state index contributed by atoms with van der Waals surface area (Å²) in [5, 5.41) is 55.0. The Morgan fingerprint density at radius 2 is 1.48 bits per heavy atom. The van der Waals surface area contributed by atoms with Crippen LogP contribution >= 0.6 is 0 Å². The monoisotopic (exact) mass is 791 g/mol. The van der Waals surface area contributed by atoms with Gasteiger partial charge in [-0.05, 0) is 70.1 Å². The maximum Gasteiger partial charge on any atom is 0.330 e. The molecule has 3 heterocycles. The van der Waals surface area contributed by atoms with Gasteiger partial charge in [0, 0.05) is 48.0 Å². The minimum Gasteiger partial charge on any atom is -0.458 e. The third kappa shape index (κ3) is 11.5. The molecule has 2 saturated heterocycles. The topological polar surface area (TPSA) is 180 Å². The van der Waals surface area contributed by atoms with Crippen molar-refractivity contribution in [3.63, 3.8) is 0 Å². The van der Waals surface area contributed by atoms with Crippen molar-refractivity contribution in [2.75, 3.05) is 0 Å². The fraction of sp³-hybridized carbons (Fsp3) is 0.800. The van der Waals surface area contributed by atoms with Crippen LogP contribution in [0.4, 0.5) is 0 Å². The Bertz CT molecular complexity index is 1390. The molecular weight excluding hydrogens is 716 g/mol. The minimum atomic E-state index is -2.18. The number of aliphatic hydroxyl groups is 5. The molecule has 1 spiro atoms. The zero-order valence-corrected chi connectivity index (χ0v) is 35.8. The van der Waals surface area contributed by atoms with E-state index in [2.05, 4.69) is 19.9 Å². The van der Waals surface area contributed by atoms with Crippen LogP contribution in [0.2, 0.25) is 0 Å². The average Bonchev–Trinajstić information content (AvgIpc) is 3.16. The van der Waals surface area contributed by atoms with E-state index in [-0.39, 0.29) is 35.9 Å². The molecule has 0 aromatic heterocycles. The number of hydrogen-bond donors (Lipinski definition) is 5. The lowest BCUT2D eigenvalue weighted by atomic mass is 9.74. The highest BCUT2D eigenvalue weighted by atomic mass is 16.7. The molecule has 18 atom stereocenters. The van der Waals surface area contributed by atoms with Gasteiger partial charge < -0.3 is 39.7 Å². The lowest BCUT2D eigenvalue weighted by Crippen LogP contribution is -2.62. The second kappa shape index (κ2) is 20.6. The van der Waals surface area contributed by atoms with Crippen LogP contribution in [0, 0.1) is 53.3 Å². The largest absolute Gasteiger partial charge is 0.458 e. The number of ether oxygens (including phenoxy) is 3. The maximum absolute atomic E-state index is 13.5. The molecule has 2 fully saturated rings. The predicted molar refractivity (Wildman–Crippen MR) is 215 cm³/mol. The van der Waals surface area contributed by atoms with Gasteiger partial charge in [0.25, 0.3) is 0 Å². The van der Waals surface area contributed by atoms with Gasteiger partial charge in [0.1, 0.15) is 17.5 Å². The fourth-order valence-corrected chi connectivity index (χ4v) is 9.01. The summed E-state index contributed by atoms with van der Waals surface area (Å²) in [7, 11) is 0. The zero-order chi connectivity index (χ0) is 42.3. The van der Waals surface area contributed by atoms with E-state index in [0.717, 1.165) is 19.3 Å². The fourth-order valence-electron chi connectivity index (χ4n) is 9.01. The molecule has 0 aromatic carbocycles. The van der Waals surface area contributed by atoms with Gasteiger partial charge in [-0.3, -0.25) is 9.59 Å². The Balaban J connectivity index is 1.99. The number of rotatable bonds is 3. The number of carbonyl (C=O) groups is 3. The molecule has 320 valence electrons. The average molecular weight is 791 g/mol. The van der Waals surface area contributed by atoms with Crippen molar-refractivity contribution in [1.29, 1.82) is 0 Å². The van der Waals surface area contributed by atoms with Crippen molar-refractivity contribution < 1.29 is 54.1 Å². The van der Waals surface area contributed by atoms with E-state index in [0.29, 0.717) is 25.7 Å². The zero-order valence-electron chi connectivity index (χ0n) is 35.8. The van der Waals surface area contributed by atoms with Gasteiger partial charge in [-0.15, -0.1) is 0 Å². The molecule has 11 nitrogen and oxygen atoms in total. The molecule has 56 heavy (non-hydrogen) atoms. The summed E-state index contributed by atoms with van der Waals surface area (Å²) in [5.74, 6) is -7.28. The second-order valence-corrected chi connectivity index (χ2v) is 18.0. The molecule has 0 saturated carbocycles. The highest BCUT2D eigenvalue weighted by molar-refractivity contribution is 5.91. The highest BCUT2D eigenvalue weighted by Gasteiger charge is 2.56. The molecule has 0 aliphatic carbocycles. The number of hydrogen-bond acceptors (Lipinski definition) is 11. The minimum absolute atomic E-state index is 0.168. The van der Waals surface area contributed by atoms with E-state index < -0.39 is 89.0 Å². The van der Waals surface area contributed by atoms with Crippen LogP contribution in [-0.2, 0) is 28.6 Å². The van der Waals surface area contributed by atoms with Gasteiger partial charge in [0.05, 0.1) is 36.6 Å². The number of esters is 1. The SMILES string of the molecule is CC[C@H]1/C=C\C=C\C[C@H](C)[C@@H](O)[C@](C)(O)C(=O)[C@H](C)[C@@H](O)[C@H](C)C(=O)[C@H](C)[C@H](O)[C@@H](C)/C=C/C(=O)O[C@H]2[C@@H](C)[C@H](CC1)O[C@@]1(CC[C@@H](C)[C@@H](C[C@H](C)O)O1)[C@@H]2C. The Labute approximate surface area is 336 Å². The standard InChI is InChI=1S/C45H74O11/c1-12-34-17-15-13-14-16-27(4)42(51)44(11,53)43(52)32(9)40(50)31(8)39(49)30(7)38(48)26(3)18-21-37(47)54-41-29(6)35(20-19-34)55-45(33(41)10)23-22-25(2)36(56-45)24-28(5)46/h13-15,17-18,21,25-36,38,40-42,46,48,50-51,53H,12,16,19-20,22-24H2,1-11H3/b14-13+,17-15-,21-18+/t25-,26+,27+,28+,29+,30-,31-,32-,33-,34+,35+,36-,38-,40+,41+,42-,44+,45-/m1/s1. The van der Waals surface area contributed by atoms with Gasteiger partial charge in [-0.1, -0.05) is 92.7 Å². The van der Waals surface area contributed by atoms with E-state index in [1.807, 2.05) is 32.1 Å². The van der Waals surface area contributed by atoms with Crippen LogP contribution in [0.1, 0.15) is 121 Å². The van der Waals surface area contributed by atoms with Crippen LogP contribution in [0.25, 0.3) is 0 Å². The van der Waals surface area contributed by atoms with E-state index in [1.165, 1.54) is 39.8 Å². The molecule has 3 aliphatic rings. The van der Waals surface area contributed by atoms with Crippen LogP contribution < -0.4 is 0 Å². The van der Waals surface area contributed by atoms with Crippen molar-refractivity contribution >= 4 is 17.5 Å². The van der Waals surface area contributed by atoms with Crippen molar-refractivity contribution in [2.45, 2.75) is 175 Å². The summed E-state index contributed by atoms with van der Waals surface area (Å²) in [6.45, 7) is 19.1.